The van der Waals surface area contributed by atoms with Crippen LogP contribution in [0.1, 0.15) is 5.56 Å². The highest BCUT2D eigenvalue weighted by Gasteiger charge is 2.06. The van der Waals surface area contributed by atoms with Crippen LogP contribution in [0.25, 0.3) is 0 Å². The number of aryl methyl sites for hydroxylation is 1. The fourth-order valence-corrected chi connectivity index (χ4v) is 1.95. The lowest BCUT2D eigenvalue weighted by Crippen LogP contribution is -2.13. The number of sulfonamides is 1. The predicted octanol–water partition coefficient (Wildman–Crippen LogP) is 1.54. The molecule has 0 aliphatic rings. The molecular formula is C10H13ClN2O3S. The van der Waals surface area contributed by atoms with Crippen LogP contribution in [0.4, 0.5) is 11.4 Å². The minimum atomic E-state index is -3.30. The Morgan fingerprint density at radius 2 is 2.06 bits per heavy atom. The molecule has 2 N–H and O–H groups in total. The van der Waals surface area contributed by atoms with Gasteiger partial charge in [-0.15, -0.1) is 11.6 Å². The van der Waals surface area contributed by atoms with E-state index in [0.29, 0.717) is 16.9 Å². The summed E-state index contributed by atoms with van der Waals surface area (Å²) in [6.07, 6.45) is 1.08. The molecule has 1 aromatic carbocycles. The van der Waals surface area contributed by atoms with E-state index in [9.17, 15) is 13.2 Å². The number of halogens is 1. The monoisotopic (exact) mass is 276 g/mol. The second kappa shape index (κ2) is 5.37. The van der Waals surface area contributed by atoms with E-state index in [-0.39, 0.29) is 11.8 Å². The minimum absolute atomic E-state index is 0.123. The molecule has 7 heteroatoms. The molecule has 0 unspecified atom stereocenters. The van der Waals surface area contributed by atoms with E-state index in [2.05, 4.69) is 10.0 Å². The molecule has 5 nitrogen and oxygen atoms in total. The first-order valence-corrected chi connectivity index (χ1v) is 7.18. The fraction of sp³-hybridized carbons (Fsp3) is 0.300. The molecule has 0 atom stereocenters. The Labute approximate surface area is 105 Å². The molecule has 0 aliphatic carbocycles. The van der Waals surface area contributed by atoms with Gasteiger partial charge < -0.3 is 5.32 Å². The Hall–Kier alpha value is -1.27. The molecule has 0 heterocycles. The molecule has 0 aliphatic heterocycles. The Morgan fingerprint density at radius 1 is 1.41 bits per heavy atom. The Balaban J connectivity index is 2.90. The number of benzene rings is 1. The lowest BCUT2D eigenvalue weighted by Gasteiger charge is -2.10. The second-order valence-corrected chi connectivity index (χ2v) is 5.60. The molecule has 0 saturated heterocycles. The summed E-state index contributed by atoms with van der Waals surface area (Å²) in [5.74, 6) is -0.433. The lowest BCUT2D eigenvalue weighted by molar-refractivity contribution is -0.113. The van der Waals surface area contributed by atoms with Crippen molar-refractivity contribution in [2.45, 2.75) is 6.92 Å². The average molecular weight is 277 g/mol. The highest BCUT2D eigenvalue weighted by Crippen LogP contribution is 2.20. The number of carbonyl (C=O) groups excluding carboxylic acids is 1. The van der Waals surface area contributed by atoms with E-state index in [0.717, 1.165) is 6.26 Å². The molecule has 1 amide bonds. The number of anilines is 2. The Kier molecular flexibility index (Phi) is 4.36. The molecule has 1 rings (SSSR count). The van der Waals surface area contributed by atoms with Crippen molar-refractivity contribution in [3.63, 3.8) is 0 Å². The van der Waals surface area contributed by atoms with Crippen LogP contribution < -0.4 is 10.0 Å². The number of carbonyl (C=O) groups is 1. The van der Waals surface area contributed by atoms with Crippen LogP contribution in [-0.2, 0) is 14.8 Å². The Bertz CT molecular complexity index is 528. The number of hydrogen-bond donors (Lipinski definition) is 2. The average Bonchev–Trinajstić information content (AvgIpc) is 2.20. The van der Waals surface area contributed by atoms with Crippen molar-refractivity contribution in [1.29, 1.82) is 0 Å². The first kappa shape index (κ1) is 13.8. The highest BCUT2D eigenvalue weighted by molar-refractivity contribution is 7.92. The molecule has 0 radical (unpaired) electrons. The lowest BCUT2D eigenvalue weighted by atomic mass is 10.2. The van der Waals surface area contributed by atoms with Crippen molar-refractivity contribution < 1.29 is 13.2 Å². The molecule has 1 aromatic rings. The number of nitrogens with one attached hydrogen (secondary N) is 2. The standard InChI is InChI=1S/C10H13ClN2O3S/c1-7-5-8(12-10(14)6-11)3-4-9(7)13-17(2,15)16/h3-5,13H,6H2,1-2H3,(H,12,14). The van der Waals surface area contributed by atoms with Crippen molar-refractivity contribution in [3.05, 3.63) is 23.8 Å². The zero-order valence-corrected chi connectivity index (χ0v) is 11.0. The largest absolute Gasteiger partial charge is 0.325 e. The van der Waals surface area contributed by atoms with Crippen molar-refractivity contribution in [3.8, 4) is 0 Å². The van der Waals surface area contributed by atoms with Crippen LogP contribution in [-0.4, -0.2) is 26.5 Å². The van der Waals surface area contributed by atoms with Crippen LogP contribution in [0.15, 0.2) is 18.2 Å². The molecule has 94 valence electrons. The smallest absolute Gasteiger partial charge is 0.239 e. The van der Waals surface area contributed by atoms with Gasteiger partial charge in [0.15, 0.2) is 0 Å². The molecule has 17 heavy (non-hydrogen) atoms. The van der Waals surface area contributed by atoms with Gasteiger partial charge in [-0.1, -0.05) is 0 Å². The normalized spacial score (nSPS) is 11.0. The summed E-state index contributed by atoms with van der Waals surface area (Å²) in [5, 5.41) is 2.57. The van der Waals surface area contributed by atoms with Crippen molar-refractivity contribution in [2.75, 3.05) is 22.2 Å². The maximum atomic E-state index is 11.1. The SMILES string of the molecule is Cc1cc(NC(=O)CCl)ccc1NS(C)(=O)=O. The van der Waals surface area contributed by atoms with E-state index in [4.69, 9.17) is 11.6 Å². The maximum absolute atomic E-state index is 11.1. The Morgan fingerprint density at radius 3 is 2.53 bits per heavy atom. The van der Waals surface area contributed by atoms with Gasteiger partial charge in [0, 0.05) is 5.69 Å². The predicted molar refractivity (Wildman–Crippen MR) is 69.0 cm³/mol. The van der Waals surface area contributed by atoms with Gasteiger partial charge in [-0.05, 0) is 30.7 Å². The quantitative estimate of drug-likeness (QED) is 0.819. The van der Waals surface area contributed by atoms with Crippen LogP contribution in [0.5, 0.6) is 0 Å². The van der Waals surface area contributed by atoms with E-state index < -0.39 is 10.0 Å². The van der Waals surface area contributed by atoms with Crippen molar-refractivity contribution >= 4 is 38.9 Å². The van der Waals surface area contributed by atoms with Gasteiger partial charge in [0.25, 0.3) is 0 Å². The molecule has 0 spiro atoms. The molecule has 0 bridgehead atoms. The maximum Gasteiger partial charge on any atom is 0.239 e. The number of amides is 1. The van der Waals surface area contributed by atoms with E-state index >= 15 is 0 Å². The molecular weight excluding hydrogens is 264 g/mol. The first-order valence-electron chi connectivity index (χ1n) is 4.76. The fourth-order valence-electron chi connectivity index (χ4n) is 1.25. The van der Waals surface area contributed by atoms with Crippen molar-refractivity contribution in [2.24, 2.45) is 0 Å². The summed E-state index contributed by atoms with van der Waals surface area (Å²) in [6.45, 7) is 1.74. The van der Waals surface area contributed by atoms with E-state index in [1.165, 1.54) is 0 Å². The van der Waals surface area contributed by atoms with Gasteiger partial charge >= 0.3 is 0 Å². The van der Waals surface area contributed by atoms with Crippen LogP contribution in [0, 0.1) is 6.92 Å². The number of alkyl halides is 1. The summed E-state index contributed by atoms with van der Waals surface area (Å²) in [7, 11) is -3.30. The van der Waals surface area contributed by atoms with Gasteiger partial charge in [0.2, 0.25) is 15.9 Å². The van der Waals surface area contributed by atoms with Gasteiger partial charge in [-0.2, -0.15) is 0 Å². The van der Waals surface area contributed by atoms with E-state index in [1.54, 1.807) is 25.1 Å². The third-order valence-electron chi connectivity index (χ3n) is 1.93. The highest BCUT2D eigenvalue weighted by atomic mass is 35.5. The zero-order chi connectivity index (χ0) is 13.1. The third kappa shape index (κ3) is 4.62. The van der Waals surface area contributed by atoms with Crippen LogP contribution >= 0.6 is 11.6 Å². The van der Waals surface area contributed by atoms with Gasteiger partial charge in [-0.3, -0.25) is 9.52 Å². The minimum Gasteiger partial charge on any atom is -0.325 e. The summed E-state index contributed by atoms with van der Waals surface area (Å²) >= 11 is 5.36. The van der Waals surface area contributed by atoms with Gasteiger partial charge in [0.1, 0.15) is 5.88 Å². The molecule has 0 fully saturated rings. The molecule has 0 aromatic heterocycles. The van der Waals surface area contributed by atoms with Crippen molar-refractivity contribution in [1.82, 2.24) is 0 Å². The van der Waals surface area contributed by atoms with Gasteiger partial charge in [0.05, 0.1) is 11.9 Å². The van der Waals surface area contributed by atoms with Gasteiger partial charge in [-0.25, -0.2) is 8.42 Å². The third-order valence-corrected chi connectivity index (χ3v) is 2.76. The number of hydrogen-bond acceptors (Lipinski definition) is 3. The first-order chi connectivity index (χ1) is 7.81. The summed E-state index contributed by atoms with van der Waals surface area (Å²) in [6, 6.07) is 4.85. The molecule has 0 saturated carbocycles. The summed E-state index contributed by atoms with van der Waals surface area (Å²) in [5.41, 5.74) is 1.77. The second-order valence-electron chi connectivity index (χ2n) is 3.59. The van der Waals surface area contributed by atoms with E-state index in [1.807, 2.05) is 0 Å². The van der Waals surface area contributed by atoms with Crippen LogP contribution in [0.3, 0.4) is 0 Å². The topological polar surface area (TPSA) is 75.3 Å². The number of rotatable bonds is 4. The zero-order valence-electron chi connectivity index (χ0n) is 9.45. The summed E-state index contributed by atoms with van der Waals surface area (Å²) in [4.78, 5) is 11.1. The summed E-state index contributed by atoms with van der Waals surface area (Å²) < 4.78 is 24.5. The van der Waals surface area contributed by atoms with Crippen LogP contribution in [0.2, 0.25) is 0 Å².